The molecule has 0 spiro atoms. The van der Waals surface area contributed by atoms with E-state index < -0.39 is 5.67 Å². The predicted molar refractivity (Wildman–Crippen MR) is 95.1 cm³/mol. The van der Waals surface area contributed by atoms with Crippen molar-refractivity contribution in [2.24, 2.45) is 0 Å². The van der Waals surface area contributed by atoms with Gasteiger partial charge in [0.15, 0.2) is 0 Å². The van der Waals surface area contributed by atoms with Crippen LogP contribution >= 0.6 is 0 Å². The van der Waals surface area contributed by atoms with Crippen LogP contribution in [-0.4, -0.2) is 11.7 Å². The van der Waals surface area contributed by atoms with Crippen molar-refractivity contribution in [2.75, 3.05) is 6.61 Å². The highest BCUT2D eigenvalue weighted by atomic mass is 19.1. The lowest BCUT2D eigenvalue weighted by Gasteiger charge is -2.26. The van der Waals surface area contributed by atoms with Gasteiger partial charge in [0.25, 0.3) is 0 Å². The van der Waals surface area contributed by atoms with Gasteiger partial charge in [-0.2, -0.15) is 0 Å². The first-order valence-electron chi connectivity index (χ1n) is 8.65. The summed E-state index contributed by atoms with van der Waals surface area (Å²) in [7, 11) is 0. The topological polar surface area (TPSA) is 20.2 Å². The molecule has 2 aromatic carbocycles. The lowest BCUT2D eigenvalue weighted by atomic mass is 9.85. The fourth-order valence-electron chi connectivity index (χ4n) is 3.02. The van der Waals surface area contributed by atoms with Crippen LogP contribution < -0.4 is 0 Å². The molecule has 2 aromatic rings. The molecule has 124 valence electrons. The number of hydrogen-bond acceptors (Lipinski definition) is 1. The highest BCUT2D eigenvalue weighted by Crippen LogP contribution is 2.37. The summed E-state index contributed by atoms with van der Waals surface area (Å²) in [6.07, 6.45) is 4.45. The van der Waals surface area contributed by atoms with Crippen LogP contribution in [0.4, 0.5) is 4.39 Å². The Labute approximate surface area is 139 Å². The van der Waals surface area contributed by atoms with E-state index in [9.17, 15) is 0 Å². The van der Waals surface area contributed by atoms with E-state index in [2.05, 4.69) is 19.1 Å². The number of hydrogen-bond donors (Lipinski definition) is 1. The molecule has 1 nitrogen and oxygen atoms in total. The van der Waals surface area contributed by atoms with Crippen molar-refractivity contribution in [1.29, 1.82) is 0 Å². The molecule has 1 N–H and O–H groups in total. The Morgan fingerprint density at radius 2 is 1.43 bits per heavy atom. The Hall–Kier alpha value is -1.67. The van der Waals surface area contributed by atoms with Gasteiger partial charge < -0.3 is 5.11 Å². The molecular weight excluding hydrogens is 287 g/mol. The largest absolute Gasteiger partial charge is 0.396 e. The molecule has 2 rings (SSSR count). The van der Waals surface area contributed by atoms with Gasteiger partial charge >= 0.3 is 0 Å². The van der Waals surface area contributed by atoms with E-state index in [-0.39, 0.29) is 6.61 Å². The molecule has 1 atom stereocenters. The Kier molecular flexibility index (Phi) is 6.79. The van der Waals surface area contributed by atoms with Crippen LogP contribution in [0, 0.1) is 0 Å². The summed E-state index contributed by atoms with van der Waals surface area (Å²) in [4.78, 5) is 0. The van der Waals surface area contributed by atoms with Gasteiger partial charge in [0, 0.05) is 6.61 Å². The van der Waals surface area contributed by atoms with Gasteiger partial charge in [-0.15, -0.1) is 0 Å². The third-order valence-corrected chi connectivity index (χ3v) is 4.42. The quantitative estimate of drug-likeness (QED) is 0.574. The highest BCUT2D eigenvalue weighted by molar-refractivity contribution is 5.63. The summed E-state index contributed by atoms with van der Waals surface area (Å²) in [5.41, 5.74) is 1.66. The van der Waals surface area contributed by atoms with Gasteiger partial charge in [0.2, 0.25) is 0 Å². The maximum Gasteiger partial charge on any atom is 0.136 e. The molecule has 0 amide bonds. The maximum atomic E-state index is 15.5. The smallest absolute Gasteiger partial charge is 0.136 e. The van der Waals surface area contributed by atoms with Crippen LogP contribution in [0.1, 0.15) is 51.0 Å². The van der Waals surface area contributed by atoms with Crippen LogP contribution in [0.3, 0.4) is 0 Å². The van der Waals surface area contributed by atoms with Crippen molar-refractivity contribution >= 4 is 0 Å². The average molecular weight is 314 g/mol. The normalized spacial score (nSPS) is 13.7. The van der Waals surface area contributed by atoms with Crippen molar-refractivity contribution in [2.45, 2.75) is 51.1 Å². The summed E-state index contributed by atoms with van der Waals surface area (Å²) >= 11 is 0. The summed E-state index contributed by atoms with van der Waals surface area (Å²) < 4.78 is 15.5. The lowest BCUT2D eigenvalue weighted by molar-refractivity contribution is 0.117. The number of unbranched alkanes of at least 4 members (excludes halogenated alkanes) is 2. The molecule has 0 unspecified atom stereocenters. The highest BCUT2D eigenvalue weighted by Gasteiger charge is 2.30. The predicted octanol–water partition coefficient (Wildman–Crippen LogP) is 5.87. The Morgan fingerprint density at radius 3 is 2.04 bits per heavy atom. The van der Waals surface area contributed by atoms with E-state index in [1.165, 1.54) is 0 Å². The molecule has 0 heterocycles. The molecule has 0 aliphatic rings. The van der Waals surface area contributed by atoms with Gasteiger partial charge in [-0.25, -0.2) is 4.39 Å². The molecule has 23 heavy (non-hydrogen) atoms. The zero-order chi connectivity index (χ0) is 16.5. The van der Waals surface area contributed by atoms with Crippen LogP contribution in [0.2, 0.25) is 0 Å². The van der Waals surface area contributed by atoms with Crippen molar-refractivity contribution in [3.05, 3.63) is 60.2 Å². The first-order valence-corrected chi connectivity index (χ1v) is 8.65. The second-order valence-electron chi connectivity index (χ2n) is 6.19. The minimum atomic E-state index is -1.33. The summed E-state index contributed by atoms with van der Waals surface area (Å²) in [6, 6.07) is 17.9. The first kappa shape index (κ1) is 17.7. The molecule has 0 aliphatic heterocycles. The van der Waals surface area contributed by atoms with Gasteiger partial charge in [-0.1, -0.05) is 74.4 Å². The van der Waals surface area contributed by atoms with Crippen LogP contribution in [0.15, 0.2) is 54.6 Å². The average Bonchev–Trinajstić information content (AvgIpc) is 2.61. The third-order valence-electron chi connectivity index (χ3n) is 4.42. The molecule has 0 radical (unpaired) electrons. The zero-order valence-corrected chi connectivity index (χ0v) is 14.0. The monoisotopic (exact) mass is 314 g/mol. The fourth-order valence-corrected chi connectivity index (χ4v) is 3.02. The number of benzene rings is 2. The maximum absolute atomic E-state index is 15.5. The number of aliphatic hydroxyl groups excluding tert-OH is 1. The molecule has 0 bridgehead atoms. The number of rotatable bonds is 9. The minimum Gasteiger partial charge on any atom is -0.396 e. The van der Waals surface area contributed by atoms with Crippen LogP contribution in [-0.2, 0) is 5.67 Å². The summed E-state index contributed by atoms with van der Waals surface area (Å²) in [6.45, 7) is 2.17. The lowest BCUT2D eigenvalue weighted by Crippen LogP contribution is -2.20. The third kappa shape index (κ3) is 4.90. The van der Waals surface area contributed by atoms with Gasteiger partial charge in [-0.3, -0.25) is 0 Å². The molecule has 0 saturated heterocycles. The van der Waals surface area contributed by atoms with E-state index in [4.69, 9.17) is 5.11 Å². The number of aliphatic hydroxyl groups is 1. The van der Waals surface area contributed by atoms with Crippen molar-refractivity contribution in [1.82, 2.24) is 0 Å². The standard InChI is InChI=1S/C21H27FO/c1-2-3-7-15-21(22,16-8-17-23)20-13-11-19(12-14-20)18-9-5-4-6-10-18/h4-6,9-14,23H,2-3,7-8,15-17H2,1H3/t21-/m1/s1. The van der Waals surface area contributed by atoms with Gasteiger partial charge in [0.1, 0.15) is 5.67 Å². The first-order chi connectivity index (χ1) is 11.2. The second kappa shape index (κ2) is 8.83. The van der Waals surface area contributed by atoms with Crippen LogP contribution in [0.5, 0.6) is 0 Å². The molecule has 2 heteroatoms. The number of alkyl halides is 1. The summed E-state index contributed by atoms with van der Waals surface area (Å²) in [5.74, 6) is 0. The zero-order valence-electron chi connectivity index (χ0n) is 14.0. The Morgan fingerprint density at radius 1 is 0.826 bits per heavy atom. The van der Waals surface area contributed by atoms with E-state index in [0.717, 1.165) is 36.0 Å². The van der Waals surface area contributed by atoms with E-state index in [1.54, 1.807) is 0 Å². The summed E-state index contributed by atoms with van der Waals surface area (Å²) in [5, 5.41) is 9.07. The minimum absolute atomic E-state index is 0.0432. The Bertz CT molecular complexity index is 564. The van der Waals surface area contributed by atoms with Crippen LogP contribution in [0.25, 0.3) is 11.1 Å². The molecule has 0 aliphatic carbocycles. The van der Waals surface area contributed by atoms with Crippen molar-refractivity contribution in [3.63, 3.8) is 0 Å². The SMILES string of the molecule is CCCCC[C@@](F)(CCCO)c1ccc(-c2ccccc2)cc1. The second-order valence-corrected chi connectivity index (χ2v) is 6.19. The van der Waals surface area contributed by atoms with Gasteiger partial charge in [0.05, 0.1) is 0 Å². The van der Waals surface area contributed by atoms with E-state index >= 15 is 4.39 Å². The van der Waals surface area contributed by atoms with E-state index in [0.29, 0.717) is 19.3 Å². The molecule has 0 saturated carbocycles. The molecule has 0 aromatic heterocycles. The fraction of sp³-hybridized carbons (Fsp3) is 0.429. The van der Waals surface area contributed by atoms with Gasteiger partial charge in [-0.05, 0) is 42.4 Å². The molecule has 0 fully saturated rings. The molecular formula is C21H27FO. The van der Waals surface area contributed by atoms with E-state index in [1.807, 2.05) is 42.5 Å². The Balaban J connectivity index is 2.17. The van der Waals surface area contributed by atoms with Crippen molar-refractivity contribution in [3.8, 4) is 11.1 Å². The van der Waals surface area contributed by atoms with Crippen molar-refractivity contribution < 1.29 is 9.50 Å². The number of halogens is 1.